The van der Waals surface area contributed by atoms with Gasteiger partial charge >= 0.3 is 12.1 Å². The number of nitrogens with zero attached hydrogens (tertiary/aromatic N) is 1. The Bertz CT molecular complexity index is 482. The van der Waals surface area contributed by atoms with Crippen LogP contribution in [-0.2, 0) is 19.0 Å². The first-order valence-electron chi connectivity index (χ1n) is 7.67. The lowest BCUT2D eigenvalue weighted by Crippen LogP contribution is -2.49. The van der Waals surface area contributed by atoms with Crippen LogP contribution in [0.5, 0.6) is 0 Å². The molecule has 0 saturated carbocycles. The molecule has 7 heteroatoms. The molecule has 0 unspecified atom stereocenters. The maximum absolute atomic E-state index is 13.6. The molecule has 1 aliphatic heterocycles. The van der Waals surface area contributed by atoms with E-state index in [1.807, 2.05) is 0 Å². The molecule has 1 rings (SSSR count). The molecule has 1 aliphatic rings. The lowest BCUT2D eigenvalue weighted by molar-refractivity contribution is -0.140. The summed E-state index contributed by atoms with van der Waals surface area (Å²) in [6.45, 7) is 10.7. The highest BCUT2D eigenvalue weighted by atomic mass is 19.1. The van der Waals surface area contributed by atoms with Crippen molar-refractivity contribution in [2.75, 3.05) is 13.2 Å². The minimum atomic E-state index is -1.01. The highest BCUT2D eigenvalue weighted by Gasteiger charge is 2.45. The number of halogens is 1. The second-order valence-electron chi connectivity index (χ2n) is 6.77. The van der Waals surface area contributed by atoms with Crippen molar-refractivity contribution < 1.29 is 28.2 Å². The number of ether oxygens (including phenoxy) is 3. The number of rotatable bonds is 4. The van der Waals surface area contributed by atoms with Crippen LogP contribution in [0.1, 0.15) is 55.4 Å². The van der Waals surface area contributed by atoms with E-state index < -0.39 is 35.3 Å². The zero-order valence-corrected chi connectivity index (χ0v) is 14.6. The van der Waals surface area contributed by atoms with Crippen molar-refractivity contribution in [1.82, 2.24) is 4.90 Å². The molecule has 0 N–H and O–H groups in total. The zero-order valence-electron chi connectivity index (χ0n) is 14.6. The minimum Gasteiger partial charge on any atom is -0.461 e. The molecular formula is C17H30FNO5. The molecule has 1 saturated heterocycles. The molecule has 140 valence electrons. The lowest BCUT2D eigenvalue weighted by atomic mass is 10.1. The molecule has 1 fully saturated rings. The Hall–Kier alpha value is -1.63. The maximum atomic E-state index is 13.6. The summed E-state index contributed by atoms with van der Waals surface area (Å²) in [7, 11) is 0. The van der Waals surface area contributed by atoms with Crippen molar-refractivity contribution in [1.29, 1.82) is 0 Å². The Morgan fingerprint density at radius 3 is 2.46 bits per heavy atom. The third kappa shape index (κ3) is 6.11. The highest BCUT2D eigenvalue weighted by molar-refractivity contribution is 5.85. The van der Waals surface area contributed by atoms with E-state index in [1.165, 1.54) is 4.90 Å². The van der Waals surface area contributed by atoms with Gasteiger partial charge in [-0.2, -0.15) is 4.39 Å². The second-order valence-corrected chi connectivity index (χ2v) is 6.77. The summed E-state index contributed by atoms with van der Waals surface area (Å²) in [6.07, 6.45) is 0.716. The molecule has 1 amide bonds. The average Bonchev–Trinajstić information content (AvgIpc) is 2.69. The smallest absolute Gasteiger partial charge is 0.412 e. The van der Waals surface area contributed by atoms with Gasteiger partial charge in [0.25, 0.3) is 0 Å². The number of esters is 1. The molecule has 24 heavy (non-hydrogen) atoms. The van der Waals surface area contributed by atoms with Gasteiger partial charge in [0.15, 0.2) is 0 Å². The molecule has 6 nitrogen and oxygen atoms in total. The van der Waals surface area contributed by atoms with Crippen LogP contribution in [0.4, 0.5) is 9.18 Å². The van der Waals surface area contributed by atoms with Crippen LogP contribution < -0.4 is 0 Å². The predicted molar refractivity (Wildman–Crippen MR) is 89.1 cm³/mol. The van der Waals surface area contributed by atoms with Gasteiger partial charge in [-0.1, -0.05) is 7.43 Å². The van der Waals surface area contributed by atoms with Gasteiger partial charge in [0.05, 0.1) is 19.3 Å². The van der Waals surface area contributed by atoms with Gasteiger partial charge in [-0.05, 0) is 54.0 Å². The fourth-order valence-electron chi connectivity index (χ4n) is 2.26. The normalized spacial score (nSPS) is 20.4. The predicted octanol–water partition coefficient (Wildman–Crippen LogP) is 3.80. The fourth-order valence-corrected chi connectivity index (χ4v) is 2.26. The lowest BCUT2D eigenvalue weighted by Gasteiger charge is -2.34. The summed E-state index contributed by atoms with van der Waals surface area (Å²) < 4.78 is 29.2. The van der Waals surface area contributed by atoms with E-state index in [1.54, 1.807) is 41.5 Å². The summed E-state index contributed by atoms with van der Waals surface area (Å²) in [5.41, 5.74) is -1.51. The van der Waals surface area contributed by atoms with E-state index in [4.69, 9.17) is 9.47 Å². The van der Waals surface area contributed by atoms with Gasteiger partial charge in [0, 0.05) is 0 Å². The Labute approximate surface area is 143 Å². The van der Waals surface area contributed by atoms with Gasteiger partial charge in [-0.3, -0.25) is 4.90 Å². The van der Waals surface area contributed by atoms with E-state index in [0.717, 1.165) is 6.08 Å². The third-order valence-corrected chi connectivity index (χ3v) is 3.20. The minimum absolute atomic E-state index is 0. The summed E-state index contributed by atoms with van der Waals surface area (Å²) in [5, 5.41) is 0. The van der Waals surface area contributed by atoms with Crippen molar-refractivity contribution in [3.05, 3.63) is 11.9 Å². The van der Waals surface area contributed by atoms with Crippen LogP contribution in [0.15, 0.2) is 11.9 Å². The van der Waals surface area contributed by atoms with Crippen LogP contribution in [0.2, 0.25) is 0 Å². The number of hydrogen-bond acceptors (Lipinski definition) is 5. The van der Waals surface area contributed by atoms with Crippen LogP contribution in [-0.4, -0.2) is 47.5 Å². The Morgan fingerprint density at radius 2 is 1.96 bits per heavy atom. The molecule has 0 bridgehead atoms. The van der Waals surface area contributed by atoms with Gasteiger partial charge in [0.1, 0.15) is 11.3 Å². The molecule has 0 spiro atoms. The first-order chi connectivity index (χ1) is 10.5. The standard InChI is InChI=1S/C16H26FNO5.CH4/c1-7-21-13(19)12(17)9-8-11-10-22-16(5,6)18(11)14(20)23-15(2,3)4;/h9,11H,7-8,10H2,1-6H3;1H4/t11-;/m0./s1. The molecular weight excluding hydrogens is 317 g/mol. The maximum Gasteiger partial charge on any atom is 0.412 e. The topological polar surface area (TPSA) is 65.1 Å². The largest absolute Gasteiger partial charge is 0.461 e. The highest BCUT2D eigenvalue weighted by Crippen LogP contribution is 2.31. The molecule has 0 aromatic carbocycles. The molecule has 0 aromatic rings. The van der Waals surface area contributed by atoms with Gasteiger partial charge in [-0.25, -0.2) is 9.59 Å². The van der Waals surface area contributed by atoms with Gasteiger partial charge < -0.3 is 14.2 Å². The second kappa shape index (κ2) is 8.46. The first kappa shape index (κ1) is 22.4. The third-order valence-electron chi connectivity index (χ3n) is 3.20. The average molecular weight is 347 g/mol. The number of hydrogen-bond donors (Lipinski definition) is 0. The Balaban J connectivity index is 0.00000529. The molecule has 0 aromatic heterocycles. The van der Waals surface area contributed by atoms with Crippen LogP contribution in [0.25, 0.3) is 0 Å². The van der Waals surface area contributed by atoms with E-state index in [-0.39, 0.29) is 27.1 Å². The number of carbonyl (C=O) groups excluding carboxylic acids is 2. The van der Waals surface area contributed by atoms with Gasteiger partial charge in [-0.15, -0.1) is 0 Å². The van der Waals surface area contributed by atoms with Gasteiger partial charge in [0.2, 0.25) is 5.83 Å². The summed E-state index contributed by atoms with van der Waals surface area (Å²) >= 11 is 0. The summed E-state index contributed by atoms with van der Waals surface area (Å²) in [4.78, 5) is 25.1. The van der Waals surface area contributed by atoms with Crippen molar-refractivity contribution in [2.24, 2.45) is 0 Å². The van der Waals surface area contributed by atoms with E-state index in [2.05, 4.69) is 4.74 Å². The van der Waals surface area contributed by atoms with Crippen molar-refractivity contribution in [2.45, 2.75) is 72.8 Å². The summed E-state index contributed by atoms with van der Waals surface area (Å²) in [6, 6.07) is -0.417. The van der Waals surface area contributed by atoms with Crippen molar-refractivity contribution in [3.8, 4) is 0 Å². The zero-order chi connectivity index (χ0) is 17.8. The quantitative estimate of drug-likeness (QED) is 0.572. The molecule has 0 radical (unpaired) electrons. The van der Waals surface area contributed by atoms with Crippen LogP contribution in [0.3, 0.4) is 0 Å². The number of carbonyl (C=O) groups is 2. The van der Waals surface area contributed by atoms with Crippen molar-refractivity contribution in [3.63, 3.8) is 0 Å². The van der Waals surface area contributed by atoms with Crippen LogP contribution in [0, 0.1) is 0 Å². The molecule has 1 atom stereocenters. The molecule has 0 aliphatic carbocycles. The van der Waals surface area contributed by atoms with E-state index in [9.17, 15) is 14.0 Å². The Kier molecular flexibility index (Phi) is 7.89. The monoisotopic (exact) mass is 347 g/mol. The van der Waals surface area contributed by atoms with Crippen molar-refractivity contribution >= 4 is 12.1 Å². The van der Waals surface area contributed by atoms with E-state index in [0.29, 0.717) is 0 Å². The van der Waals surface area contributed by atoms with Crippen LogP contribution >= 0.6 is 0 Å². The summed E-state index contributed by atoms with van der Waals surface area (Å²) in [5.74, 6) is -1.98. The molecule has 1 heterocycles. The fraction of sp³-hybridized carbons (Fsp3) is 0.765. The first-order valence-corrected chi connectivity index (χ1v) is 7.67. The SMILES string of the molecule is C.CCOC(=O)C(F)=CC[C@H]1COC(C)(C)N1C(=O)OC(C)(C)C. The number of amides is 1. The van der Waals surface area contributed by atoms with E-state index >= 15 is 0 Å². The Morgan fingerprint density at radius 1 is 1.38 bits per heavy atom.